The van der Waals surface area contributed by atoms with Gasteiger partial charge in [-0.1, -0.05) is 12.1 Å². The van der Waals surface area contributed by atoms with Gasteiger partial charge in [0.05, 0.1) is 48.7 Å². The summed E-state index contributed by atoms with van der Waals surface area (Å²) in [4.78, 5) is 102. The summed E-state index contributed by atoms with van der Waals surface area (Å²) in [7, 11) is 0. The van der Waals surface area contributed by atoms with Gasteiger partial charge >= 0.3 is 0 Å². The monoisotopic (exact) mass is 732 g/mol. The Morgan fingerprint density at radius 1 is 0.547 bits per heavy atom. The molecule has 53 heavy (non-hydrogen) atoms. The summed E-state index contributed by atoms with van der Waals surface area (Å²) in [5.41, 5.74) is 1.83. The van der Waals surface area contributed by atoms with E-state index in [1.807, 2.05) is 0 Å². The van der Waals surface area contributed by atoms with E-state index in [4.69, 9.17) is 14.2 Å². The number of anilines is 2. The molecule has 4 heterocycles. The van der Waals surface area contributed by atoms with Gasteiger partial charge in [-0.2, -0.15) is 0 Å². The van der Waals surface area contributed by atoms with Crippen LogP contribution in [0, 0.1) is 0 Å². The molecule has 4 N–H and O–H groups in total. The highest BCUT2D eigenvalue weighted by atomic mass is 16.5. The zero-order chi connectivity index (χ0) is 37.5. The molecule has 2 unspecified atom stereocenters. The molecule has 0 spiro atoms. The number of nitrogens with one attached hydrogen (secondary N) is 4. The Labute approximate surface area is 304 Å². The Bertz CT molecular complexity index is 1700. The first-order valence-electron chi connectivity index (χ1n) is 17.6. The van der Waals surface area contributed by atoms with E-state index in [2.05, 4.69) is 21.3 Å². The Hall–Kier alpha value is -5.52. The lowest BCUT2D eigenvalue weighted by Gasteiger charge is -2.27. The number of piperidine rings is 2. The number of benzene rings is 2. The van der Waals surface area contributed by atoms with Crippen molar-refractivity contribution in [1.29, 1.82) is 0 Å². The lowest BCUT2D eigenvalue weighted by atomic mass is 10.0. The molecule has 4 aliphatic rings. The van der Waals surface area contributed by atoms with Crippen LogP contribution in [0.4, 0.5) is 11.4 Å². The molecule has 2 fully saturated rings. The van der Waals surface area contributed by atoms with E-state index in [1.165, 1.54) is 0 Å². The molecule has 2 atom stereocenters. The second kappa shape index (κ2) is 16.9. The minimum atomic E-state index is -1.02. The molecule has 8 amide bonds. The van der Waals surface area contributed by atoms with Crippen molar-refractivity contribution in [2.45, 2.75) is 50.6 Å². The Kier molecular flexibility index (Phi) is 11.9. The van der Waals surface area contributed by atoms with E-state index in [0.29, 0.717) is 76.9 Å². The average Bonchev–Trinajstić information content (AvgIpc) is 3.54. The van der Waals surface area contributed by atoms with Gasteiger partial charge in [-0.15, -0.1) is 0 Å². The minimum Gasteiger partial charge on any atom is -0.384 e. The number of carbonyl (C=O) groups is 8. The van der Waals surface area contributed by atoms with E-state index >= 15 is 0 Å². The highest BCUT2D eigenvalue weighted by Crippen LogP contribution is 2.33. The van der Waals surface area contributed by atoms with Gasteiger partial charge in [0.2, 0.25) is 23.6 Å². The van der Waals surface area contributed by atoms with Gasteiger partial charge in [0.25, 0.3) is 23.6 Å². The molecule has 0 saturated carbocycles. The summed E-state index contributed by atoms with van der Waals surface area (Å²) < 4.78 is 16.8. The number of hydrogen-bond acceptors (Lipinski definition) is 13. The molecule has 2 saturated heterocycles. The fourth-order valence-electron chi connectivity index (χ4n) is 6.66. The predicted molar refractivity (Wildman–Crippen MR) is 185 cm³/mol. The second-order valence-electron chi connectivity index (χ2n) is 12.7. The Balaban J connectivity index is 0.808. The molecule has 0 aromatic heterocycles. The summed E-state index contributed by atoms with van der Waals surface area (Å²) in [5, 5.41) is 10.7. The first-order valence-corrected chi connectivity index (χ1v) is 17.6. The fourth-order valence-corrected chi connectivity index (χ4v) is 6.66. The molecule has 2 aromatic rings. The number of carbonyl (C=O) groups excluding carboxylic acids is 8. The van der Waals surface area contributed by atoms with Crippen LogP contribution >= 0.6 is 0 Å². The SMILES string of the molecule is O=C1CCC(N2C(=O)c3cccc(NCCCOCCOCCOCCCNc4cccc5c4C(=O)N(C4CCC(=O)NC4=O)C5=O)c3C2=O)C(=O)N1. The summed E-state index contributed by atoms with van der Waals surface area (Å²) >= 11 is 0. The molecular weight excluding hydrogens is 692 g/mol. The third-order valence-electron chi connectivity index (χ3n) is 9.24. The second-order valence-corrected chi connectivity index (χ2v) is 12.7. The molecule has 6 rings (SSSR count). The van der Waals surface area contributed by atoms with E-state index in [0.717, 1.165) is 9.80 Å². The van der Waals surface area contributed by atoms with E-state index in [1.54, 1.807) is 36.4 Å². The van der Waals surface area contributed by atoms with Gasteiger partial charge in [0.15, 0.2) is 0 Å². The molecule has 0 aliphatic carbocycles. The van der Waals surface area contributed by atoms with Crippen LogP contribution in [0.1, 0.15) is 80.0 Å². The number of fused-ring (bicyclic) bond motifs is 2. The zero-order valence-corrected chi connectivity index (χ0v) is 28.9. The summed E-state index contributed by atoms with van der Waals surface area (Å²) in [6, 6.07) is 7.78. The summed E-state index contributed by atoms with van der Waals surface area (Å²) in [6.07, 6.45) is 1.54. The largest absolute Gasteiger partial charge is 0.384 e. The predicted octanol–water partition coefficient (Wildman–Crippen LogP) is 0.843. The molecule has 2 aromatic carbocycles. The standard InChI is InChI=1S/C36H40N6O11/c43-27-11-9-25(31(45)39-27)41-33(47)21-5-1-7-23(29(21)35(41)49)37-13-3-15-51-17-19-53-20-18-52-16-4-14-38-24-8-2-6-22-30(24)36(50)42(34(22)48)26-10-12-28(44)40-32(26)46/h1-2,5-8,25-26,37-38H,3-4,9-20H2,(H,39,43,45)(H,40,44,46). The molecule has 280 valence electrons. The van der Waals surface area contributed by atoms with Crippen LogP contribution in [0.5, 0.6) is 0 Å². The van der Waals surface area contributed by atoms with Gasteiger partial charge in [-0.25, -0.2) is 0 Å². The van der Waals surface area contributed by atoms with Crippen molar-refractivity contribution in [3.8, 4) is 0 Å². The van der Waals surface area contributed by atoms with Crippen LogP contribution in [0.25, 0.3) is 0 Å². The van der Waals surface area contributed by atoms with Gasteiger partial charge in [-0.05, 0) is 49.9 Å². The first-order chi connectivity index (χ1) is 25.7. The van der Waals surface area contributed by atoms with Crippen molar-refractivity contribution in [1.82, 2.24) is 20.4 Å². The topological polar surface area (TPSA) is 219 Å². The minimum absolute atomic E-state index is 0.0551. The summed E-state index contributed by atoms with van der Waals surface area (Å²) in [6.45, 7) is 3.32. The molecule has 17 nitrogen and oxygen atoms in total. The number of imide groups is 4. The van der Waals surface area contributed by atoms with E-state index < -0.39 is 59.3 Å². The highest BCUT2D eigenvalue weighted by Gasteiger charge is 2.47. The van der Waals surface area contributed by atoms with Crippen molar-refractivity contribution in [3.63, 3.8) is 0 Å². The van der Waals surface area contributed by atoms with Crippen LogP contribution < -0.4 is 21.3 Å². The quantitative estimate of drug-likeness (QED) is 0.124. The molecule has 0 bridgehead atoms. The fraction of sp³-hybridized carbons (Fsp3) is 0.444. The van der Waals surface area contributed by atoms with Gasteiger partial charge < -0.3 is 24.8 Å². The zero-order valence-electron chi connectivity index (χ0n) is 28.9. The van der Waals surface area contributed by atoms with Crippen LogP contribution in [-0.4, -0.2) is 122 Å². The Morgan fingerprint density at radius 3 is 1.34 bits per heavy atom. The Morgan fingerprint density at radius 2 is 0.943 bits per heavy atom. The van der Waals surface area contributed by atoms with Crippen LogP contribution in [0.15, 0.2) is 36.4 Å². The van der Waals surface area contributed by atoms with E-state index in [9.17, 15) is 38.4 Å². The molecule has 17 heteroatoms. The maximum absolute atomic E-state index is 13.2. The smallest absolute Gasteiger partial charge is 0.264 e. The third-order valence-corrected chi connectivity index (χ3v) is 9.24. The highest BCUT2D eigenvalue weighted by molar-refractivity contribution is 6.26. The van der Waals surface area contributed by atoms with Crippen molar-refractivity contribution in [2.75, 3.05) is 63.4 Å². The molecule has 0 radical (unpaired) electrons. The van der Waals surface area contributed by atoms with Gasteiger partial charge in [0.1, 0.15) is 12.1 Å². The number of amides is 8. The maximum atomic E-state index is 13.2. The van der Waals surface area contributed by atoms with Crippen molar-refractivity contribution >= 4 is 58.6 Å². The number of rotatable bonds is 18. The van der Waals surface area contributed by atoms with Gasteiger partial charge in [0, 0.05) is 50.5 Å². The van der Waals surface area contributed by atoms with Crippen molar-refractivity contribution < 1.29 is 52.6 Å². The number of hydrogen-bond donors (Lipinski definition) is 4. The lowest BCUT2D eigenvalue weighted by Crippen LogP contribution is -2.54. The van der Waals surface area contributed by atoms with Crippen LogP contribution in [-0.2, 0) is 33.4 Å². The van der Waals surface area contributed by atoms with Gasteiger partial charge in [-0.3, -0.25) is 58.8 Å². The maximum Gasteiger partial charge on any atom is 0.264 e. The number of ether oxygens (including phenoxy) is 3. The number of nitrogens with zero attached hydrogens (tertiary/aromatic N) is 2. The van der Waals surface area contributed by atoms with E-state index in [-0.39, 0.29) is 47.9 Å². The normalized spacial score (nSPS) is 19.8. The summed E-state index contributed by atoms with van der Waals surface area (Å²) in [5.74, 6) is -4.40. The van der Waals surface area contributed by atoms with Crippen molar-refractivity contribution in [3.05, 3.63) is 58.7 Å². The average molecular weight is 733 g/mol. The van der Waals surface area contributed by atoms with Crippen LogP contribution in [0.3, 0.4) is 0 Å². The molecule has 4 aliphatic heterocycles. The van der Waals surface area contributed by atoms with Crippen molar-refractivity contribution in [2.24, 2.45) is 0 Å². The third kappa shape index (κ3) is 8.11. The molecular formula is C36H40N6O11. The van der Waals surface area contributed by atoms with Crippen LogP contribution in [0.2, 0.25) is 0 Å². The first kappa shape index (κ1) is 37.2. The lowest BCUT2D eigenvalue weighted by molar-refractivity contribution is -0.137.